The molecule has 5 nitrogen and oxygen atoms in total. The lowest BCUT2D eigenvalue weighted by Crippen LogP contribution is -2.35. The first-order valence-corrected chi connectivity index (χ1v) is 4.50. The molecule has 15 heavy (non-hydrogen) atoms. The smallest absolute Gasteiger partial charge is 0.313 e. The van der Waals surface area contributed by atoms with Gasteiger partial charge in [-0.2, -0.15) is 0 Å². The minimum absolute atomic E-state index is 0.181. The highest BCUT2D eigenvalue weighted by atomic mass is 19.1. The molecule has 6 heteroatoms. The average Bonchev–Trinajstić information content (AvgIpc) is 2.07. The van der Waals surface area contributed by atoms with E-state index in [1.165, 1.54) is 0 Å². The van der Waals surface area contributed by atoms with Gasteiger partial charge in [0.25, 0.3) is 0 Å². The summed E-state index contributed by atoms with van der Waals surface area (Å²) in [6, 6.07) is 1.66. The van der Waals surface area contributed by atoms with E-state index < -0.39 is 22.2 Å². The molecule has 1 aromatic rings. The molecule has 0 aliphatic carbocycles. The molecule has 0 spiro atoms. The van der Waals surface area contributed by atoms with E-state index in [9.17, 15) is 19.6 Å². The SMILES string of the molecule is O=[N+]([O-])c1cc(F)cc([C@H]2CCN2)c1O. The summed E-state index contributed by atoms with van der Waals surface area (Å²) in [6.45, 7) is 0.772. The Kier molecular flexibility index (Phi) is 2.28. The predicted octanol–water partition coefficient (Wildman–Crippen LogP) is 1.47. The lowest BCUT2D eigenvalue weighted by molar-refractivity contribution is -0.386. The monoisotopic (exact) mass is 212 g/mol. The number of phenols is 1. The van der Waals surface area contributed by atoms with Crippen molar-refractivity contribution in [1.82, 2.24) is 5.32 Å². The van der Waals surface area contributed by atoms with Crippen LogP contribution in [0.15, 0.2) is 12.1 Å². The molecule has 1 aliphatic heterocycles. The molecule has 0 amide bonds. The third-order valence-electron chi connectivity index (χ3n) is 2.48. The van der Waals surface area contributed by atoms with Crippen molar-refractivity contribution in [2.24, 2.45) is 0 Å². The van der Waals surface area contributed by atoms with Crippen LogP contribution in [0.3, 0.4) is 0 Å². The molecule has 0 radical (unpaired) electrons. The number of nitro groups is 1. The van der Waals surface area contributed by atoms with Crippen molar-refractivity contribution in [2.75, 3.05) is 6.54 Å². The fraction of sp³-hybridized carbons (Fsp3) is 0.333. The van der Waals surface area contributed by atoms with Gasteiger partial charge in [0, 0.05) is 11.6 Å². The molecule has 0 aromatic heterocycles. The largest absolute Gasteiger partial charge is 0.502 e. The number of benzene rings is 1. The van der Waals surface area contributed by atoms with E-state index in [1.807, 2.05) is 0 Å². The molecule has 1 atom stereocenters. The van der Waals surface area contributed by atoms with E-state index in [0.717, 1.165) is 25.1 Å². The zero-order valence-corrected chi connectivity index (χ0v) is 7.74. The van der Waals surface area contributed by atoms with E-state index in [0.29, 0.717) is 0 Å². The Morgan fingerprint density at radius 2 is 2.27 bits per heavy atom. The minimum atomic E-state index is -0.791. The van der Waals surface area contributed by atoms with Gasteiger partial charge in [0.2, 0.25) is 0 Å². The number of nitro benzene ring substituents is 1. The molecule has 2 rings (SSSR count). The number of nitrogens with zero attached hydrogens (tertiary/aromatic N) is 1. The van der Waals surface area contributed by atoms with Gasteiger partial charge in [-0.3, -0.25) is 10.1 Å². The summed E-state index contributed by atoms with van der Waals surface area (Å²) in [4.78, 5) is 9.72. The molecule has 0 unspecified atom stereocenters. The van der Waals surface area contributed by atoms with Gasteiger partial charge in [0.1, 0.15) is 5.82 Å². The molecule has 2 N–H and O–H groups in total. The Hall–Kier alpha value is -1.69. The average molecular weight is 212 g/mol. The highest BCUT2D eigenvalue weighted by Gasteiger charge is 2.27. The molecule has 1 saturated heterocycles. The van der Waals surface area contributed by atoms with Crippen molar-refractivity contribution in [1.29, 1.82) is 0 Å². The molecule has 1 aromatic carbocycles. The number of aromatic hydroxyl groups is 1. The van der Waals surface area contributed by atoms with E-state index in [2.05, 4.69) is 5.32 Å². The summed E-state index contributed by atoms with van der Waals surface area (Å²) < 4.78 is 13.0. The number of rotatable bonds is 2. The first-order valence-electron chi connectivity index (χ1n) is 4.50. The van der Waals surface area contributed by atoms with Crippen molar-refractivity contribution in [3.8, 4) is 5.75 Å². The van der Waals surface area contributed by atoms with Gasteiger partial charge >= 0.3 is 5.69 Å². The van der Waals surface area contributed by atoms with E-state index >= 15 is 0 Å². The van der Waals surface area contributed by atoms with Crippen molar-refractivity contribution < 1.29 is 14.4 Å². The topological polar surface area (TPSA) is 75.4 Å². The quantitative estimate of drug-likeness (QED) is 0.575. The van der Waals surface area contributed by atoms with Crippen LogP contribution in [0.5, 0.6) is 5.75 Å². The first-order chi connectivity index (χ1) is 7.09. The molecule has 1 heterocycles. The summed E-state index contributed by atoms with van der Waals surface area (Å²) in [5.41, 5.74) is -0.327. The highest BCUT2D eigenvalue weighted by Crippen LogP contribution is 2.37. The molecule has 0 bridgehead atoms. The van der Waals surface area contributed by atoms with Crippen molar-refractivity contribution in [3.05, 3.63) is 33.6 Å². The Morgan fingerprint density at radius 3 is 2.73 bits per heavy atom. The van der Waals surface area contributed by atoms with Crippen LogP contribution in [0, 0.1) is 15.9 Å². The normalized spacial score (nSPS) is 19.7. The highest BCUT2D eigenvalue weighted by molar-refractivity contribution is 5.52. The van der Waals surface area contributed by atoms with Crippen LogP contribution in [0.4, 0.5) is 10.1 Å². The summed E-state index contributed by atoms with van der Waals surface area (Å²) in [5.74, 6) is -1.15. The molecule has 80 valence electrons. The number of hydrogen-bond donors (Lipinski definition) is 2. The number of phenolic OH excluding ortho intramolecular Hbond substituents is 1. The number of halogens is 1. The van der Waals surface area contributed by atoms with E-state index in [-0.39, 0.29) is 11.6 Å². The molecular weight excluding hydrogens is 203 g/mol. The summed E-state index contributed by atoms with van der Waals surface area (Å²) in [7, 11) is 0. The van der Waals surface area contributed by atoms with Gasteiger partial charge in [-0.15, -0.1) is 0 Å². The molecule has 1 fully saturated rings. The summed E-state index contributed by atoms with van der Waals surface area (Å²) in [5, 5.41) is 23.0. The third kappa shape index (κ3) is 1.63. The Morgan fingerprint density at radius 1 is 1.60 bits per heavy atom. The fourth-order valence-corrected chi connectivity index (χ4v) is 1.56. The zero-order chi connectivity index (χ0) is 11.0. The Labute approximate surface area is 84.7 Å². The second-order valence-corrected chi connectivity index (χ2v) is 3.42. The molecule has 1 aliphatic rings. The fourth-order valence-electron chi connectivity index (χ4n) is 1.56. The van der Waals surface area contributed by atoms with Crippen LogP contribution in [0.1, 0.15) is 18.0 Å². The van der Waals surface area contributed by atoms with Crippen LogP contribution in [0.25, 0.3) is 0 Å². The van der Waals surface area contributed by atoms with Gasteiger partial charge in [0.05, 0.1) is 11.0 Å². The van der Waals surface area contributed by atoms with Crippen LogP contribution in [-0.2, 0) is 0 Å². The first kappa shape index (κ1) is 9.85. The number of nitrogens with one attached hydrogen (secondary N) is 1. The third-order valence-corrected chi connectivity index (χ3v) is 2.48. The maximum Gasteiger partial charge on any atom is 0.313 e. The lowest BCUT2D eigenvalue weighted by atomic mass is 9.96. The maximum absolute atomic E-state index is 13.0. The van der Waals surface area contributed by atoms with Gasteiger partial charge in [-0.25, -0.2) is 4.39 Å². The van der Waals surface area contributed by atoms with Crippen LogP contribution >= 0.6 is 0 Å². The lowest BCUT2D eigenvalue weighted by Gasteiger charge is -2.28. The van der Waals surface area contributed by atoms with Crippen molar-refractivity contribution >= 4 is 5.69 Å². The predicted molar refractivity (Wildman–Crippen MR) is 50.1 cm³/mol. The van der Waals surface area contributed by atoms with Gasteiger partial charge < -0.3 is 10.4 Å². The van der Waals surface area contributed by atoms with Crippen molar-refractivity contribution in [2.45, 2.75) is 12.5 Å². The van der Waals surface area contributed by atoms with Gasteiger partial charge in [0.15, 0.2) is 5.75 Å². The minimum Gasteiger partial charge on any atom is -0.502 e. The van der Waals surface area contributed by atoms with Crippen LogP contribution in [-0.4, -0.2) is 16.6 Å². The number of hydrogen-bond acceptors (Lipinski definition) is 4. The van der Waals surface area contributed by atoms with Gasteiger partial charge in [-0.1, -0.05) is 0 Å². The van der Waals surface area contributed by atoms with E-state index in [4.69, 9.17) is 0 Å². The summed E-state index contributed by atoms with van der Waals surface area (Å²) >= 11 is 0. The van der Waals surface area contributed by atoms with Crippen molar-refractivity contribution in [3.63, 3.8) is 0 Å². The summed E-state index contributed by atoms with van der Waals surface area (Å²) in [6.07, 6.45) is 0.744. The van der Waals surface area contributed by atoms with Crippen LogP contribution < -0.4 is 5.32 Å². The zero-order valence-electron chi connectivity index (χ0n) is 7.74. The molecule has 0 saturated carbocycles. The van der Waals surface area contributed by atoms with Gasteiger partial charge in [-0.05, 0) is 19.0 Å². The standard InChI is InChI=1S/C9H9FN2O3/c10-5-3-6(7-1-2-11-7)9(13)8(4-5)12(14)15/h3-4,7,11,13H,1-2H2/t7-/m1/s1. The maximum atomic E-state index is 13.0. The second kappa shape index (κ2) is 3.47. The van der Waals surface area contributed by atoms with Crippen LogP contribution in [0.2, 0.25) is 0 Å². The Balaban J connectivity index is 2.49. The van der Waals surface area contributed by atoms with E-state index in [1.54, 1.807) is 0 Å². The second-order valence-electron chi connectivity index (χ2n) is 3.42. The Bertz CT molecular complexity index is 418. The molecular formula is C9H9FN2O3.